The van der Waals surface area contributed by atoms with E-state index in [9.17, 15) is 8.76 Å². The van der Waals surface area contributed by atoms with Gasteiger partial charge in [0, 0.05) is 5.25 Å². The first-order valence-corrected chi connectivity index (χ1v) is 5.46. The quantitative estimate of drug-likeness (QED) is 0.601. The van der Waals surface area contributed by atoms with Crippen LogP contribution in [0, 0.1) is 5.92 Å². The van der Waals surface area contributed by atoms with Crippen LogP contribution in [0.25, 0.3) is 0 Å². The van der Waals surface area contributed by atoms with E-state index in [-0.39, 0.29) is 5.25 Å². The van der Waals surface area contributed by atoms with E-state index in [2.05, 4.69) is 6.92 Å². The standard InChI is InChI=1S/C8H16O2S/c1-2-7-3-5-8(6-4-7)11(9)10/h7-8H,2-6H2,1H3,(H,9,10)/p-1. The Bertz CT molecular complexity index is 139. The van der Waals surface area contributed by atoms with Crippen molar-refractivity contribution < 1.29 is 8.76 Å². The summed E-state index contributed by atoms with van der Waals surface area (Å²) in [6, 6.07) is 0. The molecule has 1 aliphatic rings. The first-order valence-electron chi connectivity index (χ1n) is 4.32. The van der Waals surface area contributed by atoms with Crippen LogP contribution in [0.1, 0.15) is 39.0 Å². The lowest BCUT2D eigenvalue weighted by molar-refractivity contribution is 0.345. The predicted octanol–water partition coefficient (Wildman–Crippen LogP) is 1.83. The van der Waals surface area contributed by atoms with Gasteiger partial charge in [-0.25, -0.2) is 0 Å². The average Bonchev–Trinajstić information content (AvgIpc) is 2.05. The fourth-order valence-electron chi connectivity index (χ4n) is 1.73. The predicted molar refractivity (Wildman–Crippen MR) is 45.0 cm³/mol. The molecule has 0 spiro atoms. The van der Waals surface area contributed by atoms with E-state index in [1.807, 2.05) is 0 Å². The lowest BCUT2D eigenvalue weighted by Gasteiger charge is -2.28. The summed E-state index contributed by atoms with van der Waals surface area (Å²) in [4.78, 5) is 0. The second-order valence-electron chi connectivity index (χ2n) is 3.31. The van der Waals surface area contributed by atoms with Gasteiger partial charge in [-0.3, -0.25) is 4.21 Å². The van der Waals surface area contributed by atoms with Crippen LogP contribution in [0.4, 0.5) is 0 Å². The molecule has 1 unspecified atom stereocenters. The summed E-state index contributed by atoms with van der Waals surface area (Å²) in [5.74, 6) is 0.787. The van der Waals surface area contributed by atoms with Gasteiger partial charge in [-0.15, -0.1) is 0 Å². The lowest BCUT2D eigenvalue weighted by atomic mass is 9.87. The topological polar surface area (TPSA) is 40.1 Å². The Morgan fingerprint density at radius 2 is 1.91 bits per heavy atom. The fraction of sp³-hybridized carbons (Fsp3) is 1.00. The number of hydrogen-bond donors (Lipinski definition) is 0. The Morgan fingerprint density at radius 3 is 2.27 bits per heavy atom. The van der Waals surface area contributed by atoms with Gasteiger partial charge >= 0.3 is 0 Å². The minimum absolute atomic E-state index is 0.0437. The highest BCUT2D eigenvalue weighted by Crippen LogP contribution is 2.28. The van der Waals surface area contributed by atoms with E-state index >= 15 is 0 Å². The Kier molecular flexibility index (Phi) is 3.52. The fourth-order valence-corrected chi connectivity index (χ4v) is 2.39. The van der Waals surface area contributed by atoms with Crippen molar-refractivity contribution >= 4 is 11.1 Å². The zero-order chi connectivity index (χ0) is 8.27. The summed E-state index contributed by atoms with van der Waals surface area (Å²) in [5, 5.41) is -0.0437. The number of rotatable bonds is 2. The number of hydrogen-bond acceptors (Lipinski definition) is 2. The Labute approximate surface area is 70.7 Å². The Morgan fingerprint density at radius 1 is 1.36 bits per heavy atom. The van der Waals surface area contributed by atoms with E-state index in [1.165, 1.54) is 6.42 Å². The molecule has 0 heterocycles. The third kappa shape index (κ3) is 2.56. The first kappa shape index (κ1) is 9.20. The minimum atomic E-state index is -1.82. The molecule has 1 fully saturated rings. The Hall–Kier alpha value is 0.110. The summed E-state index contributed by atoms with van der Waals surface area (Å²) in [7, 11) is 0. The van der Waals surface area contributed by atoms with Crippen molar-refractivity contribution in [3.8, 4) is 0 Å². The highest BCUT2D eigenvalue weighted by molar-refractivity contribution is 7.79. The van der Waals surface area contributed by atoms with Gasteiger partial charge in [0.05, 0.1) is 0 Å². The van der Waals surface area contributed by atoms with Crippen molar-refractivity contribution in [2.75, 3.05) is 0 Å². The van der Waals surface area contributed by atoms with Crippen molar-refractivity contribution in [3.63, 3.8) is 0 Å². The molecule has 0 aromatic heterocycles. The minimum Gasteiger partial charge on any atom is -0.772 e. The average molecular weight is 175 g/mol. The van der Waals surface area contributed by atoms with Crippen molar-refractivity contribution in [2.24, 2.45) is 5.92 Å². The highest BCUT2D eigenvalue weighted by Gasteiger charge is 2.19. The van der Waals surface area contributed by atoms with Crippen molar-refractivity contribution in [3.05, 3.63) is 0 Å². The molecular weight excluding hydrogens is 160 g/mol. The molecular formula is C8H15O2S-. The van der Waals surface area contributed by atoms with Crippen LogP contribution in [0.5, 0.6) is 0 Å². The largest absolute Gasteiger partial charge is 0.772 e. The van der Waals surface area contributed by atoms with Gasteiger partial charge in [0.15, 0.2) is 0 Å². The van der Waals surface area contributed by atoms with Crippen molar-refractivity contribution in [2.45, 2.75) is 44.3 Å². The maximum absolute atomic E-state index is 10.5. The lowest BCUT2D eigenvalue weighted by Crippen LogP contribution is -2.22. The van der Waals surface area contributed by atoms with E-state index in [0.717, 1.165) is 31.6 Å². The molecule has 1 aliphatic carbocycles. The smallest absolute Gasteiger partial charge is 0.0216 e. The Balaban J connectivity index is 2.30. The van der Waals surface area contributed by atoms with Crippen LogP contribution in [-0.2, 0) is 11.1 Å². The molecule has 0 radical (unpaired) electrons. The van der Waals surface area contributed by atoms with Gasteiger partial charge in [-0.1, -0.05) is 24.4 Å². The second-order valence-corrected chi connectivity index (χ2v) is 4.50. The molecule has 1 saturated carbocycles. The van der Waals surface area contributed by atoms with Crippen LogP contribution in [0.15, 0.2) is 0 Å². The van der Waals surface area contributed by atoms with Gasteiger partial charge in [0.25, 0.3) is 0 Å². The molecule has 0 aliphatic heterocycles. The van der Waals surface area contributed by atoms with E-state index in [1.54, 1.807) is 0 Å². The van der Waals surface area contributed by atoms with Crippen LogP contribution in [-0.4, -0.2) is 14.0 Å². The molecule has 3 heteroatoms. The molecule has 1 atom stereocenters. The summed E-state index contributed by atoms with van der Waals surface area (Å²) in [5.41, 5.74) is 0. The van der Waals surface area contributed by atoms with Gasteiger partial charge in [0.2, 0.25) is 0 Å². The highest BCUT2D eigenvalue weighted by atomic mass is 32.2. The normalized spacial score (nSPS) is 35.1. The molecule has 0 saturated heterocycles. The van der Waals surface area contributed by atoms with Crippen LogP contribution >= 0.6 is 0 Å². The molecule has 2 nitrogen and oxygen atoms in total. The van der Waals surface area contributed by atoms with Gasteiger partial charge in [-0.2, -0.15) is 0 Å². The van der Waals surface area contributed by atoms with Crippen LogP contribution in [0.3, 0.4) is 0 Å². The maximum Gasteiger partial charge on any atom is 0.0216 e. The van der Waals surface area contributed by atoms with Crippen molar-refractivity contribution in [1.29, 1.82) is 0 Å². The van der Waals surface area contributed by atoms with E-state index in [0.29, 0.717) is 0 Å². The summed E-state index contributed by atoms with van der Waals surface area (Å²) in [6.07, 6.45) is 5.19. The van der Waals surface area contributed by atoms with E-state index in [4.69, 9.17) is 0 Å². The van der Waals surface area contributed by atoms with Gasteiger partial charge in [-0.05, 0) is 31.6 Å². The molecule has 0 amide bonds. The molecule has 0 bridgehead atoms. The summed E-state index contributed by atoms with van der Waals surface area (Å²) < 4.78 is 21.1. The summed E-state index contributed by atoms with van der Waals surface area (Å²) >= 11 is -1.82. The van der Waals surface area contributed by atoms with Crippen LogP contribution in [0.2, 0.25) is 0 Å². The monoisotopic (exact) mass is 175 g/mol. The molecule has 0 aromatic rings. The maximum atomic E-state index is 10.5. The molecule has 1 rings (SSSR count). The third-order valence-electron chi connectivity index (χ3n) is 2.64. The van der Waals surface area contributed by atoms with Crippen LogP contribution < -0.4 is 0 Å². The first-order chi connectivity index (χ1) is 5.24. The van der Waals surface area contributed by atoms with Crippen molar-refractivity contribution in [1.82, 2.24) is 0 Å². The van der Waals surface area contributed by atoms with Gasteiger partial charge in [0.1, 0.15) is 0 Å². The summed E-state index contributed by atoms with van der Waals surface area (Å²) in [6.45, 7) is 2.18. The molecule has 66 valence electrons. The molecule has 0 aromatic carbocycles. The third-order valence-corrected chi connectivity index (χ3v) is 3.66. The van der Waals surface area contributed by atoms with Gasteiger partial charge < -0.3 is 4.55 Å². The zero-order valence-corrected chi connectivity index (χ0v) is 7.73. The van der Waals surface area contributed by atoms with E-state index < -0.39 is 11.1 Å². The zero-order valence-electron chi connectivity index (χ0n) is 6.91. The molecule has 0 N–H and O–H groups in total. The SMILES string of the molecule is CCC1CCC(S(=O)[O-])CC1. The second kappa shape index (κ2) is 4.21. The molecule has 11 heavy (non-hydrogen) atoms.